The van der Waals surface area contributed by atoms with Crippen LogP contribution in [-0.4, -0.2) is 5.78 Å². The molecular formula is C12H20O2. The Labute approximate surface area is 86.3 Å². The number of hydrogen-bond donors (Lipinski definition) is 0. The normalized spacial score (nSPS) is 9.07. The average molecular weight is 196 g/mol. The molecule has 0 bridgehead atoms. The minimum Gasteiger partial charge on any atom is -0.461 e. The summed E-state index contributed by atoms with van der Waals surface area (Å²) in [5.74, 6) is 0.389. The predicted molar refractivity (Wildman–Crippen MR) is 58.5 cm³/mol. The first-order valence-corrected chi connectivity index (χ1v) is 5.26. The molecule has 80 valence electrons. The first kappa shape index (κ1) is 12.9. The standard InChI is InChI=1S/C6H6O2.C6H14/c1-5(7)6-3-2-4-8-6;1-3-5-6-4-2/h2-4H,1H3;3-6H2,1-2H3. The van der Waals surface area contributed by atoms with Gasteiger partial charge in [0.2, 0.25) is 0 Å². The van der Waals surface area contributed by atoms with Crippen LogP contribution in [0.4, 0.5) is 0 Å². The second kappa shape index (κ2) is 8.54. The summed E-state index contributed by atoms with van der Waals surface area (Å²) in [6, 6.07) is 3.33. The van der Waals surface area contributed by atoms with Crippen molar-refractivity contribution in [3.63, 3.8) is 0 Å². The first-order valence-electron chi connectivity index (χ1n) is 5.26. The number of Topliss-reactive ketones (excluding diaryl/α,β-unsaturated/α-hetero) is 1. The van der Waals surface area contributed by atoms with Crippen molar-refractivity contribution in [2.24, 2.45) is 0 Å². The molecular weight excluding hydrogens is 176 g/mol. The van der Waals surface area contributed by atoms with E-state index in [4.69, 9.17) is 4.42 Å². The highest BCUT2D eigenvalue weighted by Gasteiger charge is 1.97. The van der Waals surface area contributed by atoms with E-state index in [-0.39, 0.29) is 5.78 Å². The zero-order chi connectivity index (χ0) is 10.8. The maximum Gasteiger partial charge on any atom is 0.194 e. The van der Waals surface area contributed by atoms with Crippen molar-refractivity contribution in [3.8, 4) is 0 Å². The smallest absolute Gasteiger partial charge is 0.194 e. The number of unbranched alkanes of at least 4 members (excludes halogenated alkanes) is 3. The zero-order valence-corrected chi connectivity index (χ0v) is 9.38. The number of furan rings is 1. The van der Waals surface area contributed by atoms with Gasteiger partial charge in [0.05, 0.1) is 6.26 Å². The minimum absolute atomic E-state index is 0.0324. The zero-order valence-electron chi connectivity index (χ0n) is 9.38. The molecule has 1 heterocycles. The molecule has 0 radical (unpaired) electrons. The van der Waals surface area contributed by atoms with Crippen LogP contribution in [0.15, 0.2) is 22.8 Å². The van der Waals surface area contributed by atoms with E-state index in [1.165, 1.54) is 38.9 Å². The third-order valence-corrected chi connectivity index (χ3v) is 1.83. The highest BCUT2D eigenvalue weighted by atomic mass is 16.3. The van der Waals surface area contributed by atoms with E-state index >= 15 is 0 Å². The van der Waals surface area contributed by atoms with Gasteiger partial charge in [-0.15, -0.1) is 0 Å². The van der Waals surface area contributed by atoms with Crippen LogP contribution >= 0.6 is 0 Å². The van der Waals surface area contributed by atoms with Crippen molar-refractivity contribution in [3.05, 3.63) is 24.2 Å². The molecule has 0 N–H and O–H groups in total. The fourth-order valence-corrected chi connectivity index (χ4v) is 0.979. The van der Waals surface area contributed by atoms with Crippen LogP contribution in [0, 0.1) is 0 Å². The Morgan fingerprint density at radius 2 is 1.86 bits per heavy atom. The van der Waals surface area contributed by atoms with Crippen LogP contribution in [0.3, 0.4) is 0 Å². The van der Waals surface area contributed by atoms with Crippen LogP contribution in [0.2, 0.25) is 0 Å². The van der Waals surface area contributed by atoms with Crippen molar-refractivity contribution in [2.45, 2.75) is 46.5 Å². The van der Waals surface area contributed by atoms with Gasteiger partial charge >= 0.3 is 0 Å². The topological polar surface area (TPSA) is 30.2 Å². The summed E-state index contributed by atoms with van der Waals surface area (Å²) < 4.78 is 4.75. The van der Waals surface area contributed by atoms with E-state index in [0.29, 0.717) is 5.76 Å². The lowest BCUT2D eigenvalue weighted by molar-refractivity contribution is 0.0987. The summed E-state index contributed by atoms with van der Waals surface area (Å²) in [5.41, 5.74) is 0. The molecule has 0 aliphatic carbocycles. The van der Waals surface area contributed by atoms with E-state index in [0.717, 1.165) is 0 Å². The largest absolute Gasteiger partial charge is 0.461 e. The molecule has 14 heavy (non-hydrogen) atoms. The molecule has 2 heteroatoms. The number of rotatable bonds is 4. The van der Waals surface area contributed by atoms with Gasteiger partial charge in [0, 0.05) is 6.92 Å². The van der Waals surface area contributed by atoms with Gasteiger partial charge in [-0.3, -0.25) is 4.79 Å². The predicted octanol–water partition coefficient (Wildman–Crippen LogP) is 4.07. The molecule has 0 saturated carbocycles. The maximum absolute atomic E-state index is 10.4. The molecule has 0 aliphatic heterocycles. The minimum atomic E-state index is -0.0324. The van der Waals surface area contributed by atoms with E-state index < -0.39 is 0 Å². The molecule has 0 aromatic carbocycles. The third kappa shape index (κ3) is 6.46. The lowest BCUT2D eigenvalue weighted by Crippen LogP contribution is -1.85. The van der Waals surface area contributed by atoms with Gasteiger partial charge in [-0.05, 0) is 12.1 Å². The molecule has 0 fully saturated rings. The summed E-state index contributed by atoms with van der Waals surface area (Å²) >= 11 is 0. The number of hydrogen-bond acceptors (Lipinski definition) is 2. The molecule has 0 unspecified atom stereocenters. The molecule has 0 amide bonds. The number of carbonyl (C=O) groups excluding carboxylic acids is 1. The van der Waals surface area contributed by atoms with Gasteiger partial charge < -0.3 is 4.42 Å². The monoisotopic (exact) mass is 196 g/mol. The first-order chi connectivity index (χ1) is 6.72. The molecule has 0 saturated heterocycles. The molecule has 1 aromatic rings. The highest BCUT2D eigenvalue weighted by Crippen LogP contribution is 1.98. The van der Waals surface area contributed by atoms with Gasteiger partial charge in [0.25, 0.3) is 0 Å². The summed E-state index contributed by atoms with van der Waals surface area (Å²) in [4.78, 5) is 10.4. The van der Waals surface area contributed by atoms with Crippen LogP contribution in [0.25, 0.3) is 0 Å². The number of ketones is 1. The van der Waals surface area contributed by atoms with Gasteiger partial charge in [0.15, 0.2) is 11.5 Å². The van der Waals surface area contributed by atoms with Crippen molar-refractivity contribution < 1.29 is 9.21 Å². The highest BCUT2D eigenvalue weighted by molar-refractivity contribution is 5.91. The summed E-state index contributed by atoms with van der Waals surface area (Å²) in [7, 11) is 0. The Kier molecular flexibility index (Phi) is 7.90. The maximum atomic E-state index is 10.4. The van der Waals surface area contributed by atoms with E-state index in [1.54, 1.807) is 12.1 Å². The Bertz CT molecular complexity index is 220. The van der Waals surface area contributed by atoms with Gasteiger partial charge in [0.1, 0.15) is 0 Å². The Hall–Kier alpha value is -1.05. The molecule has 0 aliphatic rings. The summed E-state index contributed by atoms with van der Waals surface area (Å²) in [6.07, 6.45) is 7.02. The number of carbonyl (C=O) groups is 1. The van der Waals surface area contributed by atoms with Gasteiger partial charge in [-0.1, -0.05) is 39.5 Å². The summed E-state index contributed by atoms with van der Waals surface area (Å²) in [6.45, 7) is 5.93. The van der Waals surface area contributed by atoms with Crippen LogP contribution in [0.5, 0.6) is 0 Å². The van der Waals surface area contributed by atoms with Crippen LogP contribution in [0.1, 0.15) is 57.0 Å². The average Bonchev–Trinajstić information content (AvgIpc) is 2.68. The second-order valence-corrected chi connectivity index (χ2v) is 3.24. The molecule has 1 rings (SSSR count). The molecule has 0 atom stereocenters. The lowest BCUT2D eigenvalue weighted by Gasteiger charge is -1.86. The Balaban J connectivity index is 0.000000255. The third-order valence-electron chi connectivity index (χ3n) is 1.83. The van der Waals surface area contributed by atoms with E-state index in [9.17, 15) is 4.79 Å². The fourth-order valence-electron chi connectivity index (χ4n) is 0.979. The lowest BCUT2D eigenvalue weighted by atomic mass is 10.2. The second-order valence-electron chi connectivity index (χ2n) is 3.24. The van der Waals surface area contributed by atoms with Crippen molar-refractivity contribution >= 4 is 5.78 Å². The van der Waals surface area contributed by atoms with Gasteiger partial charge in [-0.2, -0.15) is 0 Å². The van der Waals surface area contributed by atoms with Gasteiger partial charge in [-0.25, -0.2) is 0 Å². The van der Waals surface area contributed by atoms with Crippen LogP contribution < -0.4 is 0 Å². The van der Waals surface area contributed by atoms with Crippen LogP contribution in [-0.2, 0) is 0 Å². The Morgan fingerprint density at radius 1 is 1.29 bits per heavy atom. The fraction of sp³-hybridized carbons (Fsp3) is 0.583. The molecule has 1 aromatic heterocycles. The summed E-state index contributed by atoms with van der Waals surface area (Å²) in [5, 5.41) is 0. The molecule has 2 nitrogen and oxygen atoms in total. The Morgan fingerprint density at radius 3 is 2.07 bits per heavy atom. The van der Waals surface area contributed by atoms with Crippen molar-refractivity contribution in [1.29, 1.82) is 0 Å². The SMILES string of the molecule is CC(=O)c1ccco1.CCCCCC. The van der Waals surface area contributed by atoms with E-state index in [2.05, 4.69) is 13.8 Å². The van der Waals surface area contributed by atoms with Crippen molar-refractivity contribution in [1.82, 2.24) is 0 Å². The van der Waals surface area contributed by atoms with Crippen molar-refractivity contribution in [2.75, 3.05) is 0 Å². The quantitative estimate of drug-likeness (QED) is 0.536. The van der Waals surface area contributed by atoms with E-state index in [1.807, 2.05) is 0 Å². The molecule has 0 spiro atoms.